The van der Waals surface area contributed by atoms with Crippen LogP contribution in [-0.2, 0) is 6.42 Å². The van der Waals surface area contributed by atoms with Gasteiger partial charge in [0.05, 0.1) is 0 Å². The fourth-order valence-electron chi connectivity index (χ4n) is 1.26. The molecule has 57 valence electrons. The van der Waals surface area contributed by atoms with Crippen LogP contribution in [0.4, 0.5) is 0 Å². The van der Waals surface area contributed by atoms with Gasteiger partial charge in [-0.2, -0.15) is 0 Å². The molecule has 0 heterocycles. The molecule has 1 aliphatic rings. The molecule has 0 aromatic heterocycles. The maximum atomic E-state index is 2.24. The highest BCUT2D eigenvalue weighted by atomic mass is 14.3. The summed E-state index contributed by atoms with van der Waals surface area (Å²) in [6, 6.07) is 8.86. The second kappa shape index (κ2) is 2.69. The Morgan fingerprint density at radius 1 is 1.09 bits per heavy atom. The summed E-state index contributed by atoms with van der Waals surface area (Å²) in [7, 11) is 0. The first kappa shape index (κ1) is 6.90. The molecule has 0 aliphatic heterocycles. The van der Waals surface area contributed by atoms with Gasteiger partial charge in [-0.3, -0.25) is 0 Å². The van der Waals surface area contributed by atoms with Gasteiger partial charge in [0, 0.05) is 0 Å². The van der Waals surface area contributed by atoms with Gasteiger partial charge in [-0.1, -0.05) is 29.8 Å². The first-order chi connectivity index (χ1) is 5.34. The molecule has 1 aromatic carbocycles. The van der Waals surface area contributed by atoms with Crippen molar-refractivity contribution in [3.05, 3.63) is 41.3 Å². The van der Waals surface area contributed by atoms with E-state index < -0.39 is 0 Å². The van der Waals surface area contributed by atoms with Crippen molar-refractivity contribution < 1.29 is 0 Å². The molecule has 0 bridgehead atoms. The van der Waals surface area contributed by atoms with Crippen LogP contribution < -0.4 is 0 Å². The topological polar surface area (TPSA) is 0 Å². The second-order valence-corrected chi connectivity index (χ2v) is 3.41. The predicted molar refractivity (Wildman–Crippen MR) is 47.4 cm³/mol. The molecule has 0 atom stereocenters. The van der Waals surface area contributed by atoms with Crippen molar-refractivity contribution in [1.29, 1.82) is 0 Å². The first-order valence-electron chi connectivity index (χ1n) is 4.24. The van der Waals surface area contributed by atoms with Crippen LogP contribution in [0.3, 0.4) is 0 Å². The Morgan fingerprint density at radius 2 is 1.73 bits per heavy atom. The largest absolute Gasteiger partial charge is 0.0591 e. The van der Waals surface area contributed by atoms with Gasteiger partial charge in [0.25, 0.3) is 0 Å². The molecule has 1 aliphatic carbocycles. The molecule has 0 saturated heterocycles. The molecule has 0 nitrogen and oxygen atoms in total. The molecule has 0 N–H and O–H groups in total. The van der Waals surface area contributed by atoms with Crippen LogP contribution in [0.2, 0.25) is 0 Å². The lowest BCUT2D eigenvalue weighted by atomic mass is 10.1. The first-order valence-corrected chi connectivity index (χ1v) is 4.24. The van der Waals surface area contributed by atoms with Gasteiger partial charge in [0.1, 0.15) is 0 Å². The normalized spacial score (nSPS) is 16.8. The predicted octanol–water partition coefficient (Wildman–Crippen LogP) is 2.91. The average Bonchev–Trinajstić information content (AvgIpc) is 2.78. The molecule has 0 unspecified atom stereocenters. The maximum Gasteiger partial charge on any atom is -0.0197 e. The Labute approximate surface area is 68.3 Å². The van der Waals surface area contributed by atoms with Crippen molar-refractivity contribution in [1.82, 2.24) is 0 Å². The van der Waals surface area contributed by atoms with Crippen LogP contribution in [0, 0.1) is 12.8 Å². The molecular formula is C11H13. The van der Waals surface area contributed by atoms with Crippen LogP contribution in [-0.4, -0.2) is 0 Å². The van der Waals surface area contributed by atoms with Crippen LogP contribution in [0.5, 0.6) is 0 Å². The van der Waals surface area contributed by atoms with Gasteiger partial charge in [0.2, 0.25) is 0 Å². The van der Waals surface area contributed by atoms with E-state index in [-0.39, 0.29) is 0 Å². The van der Waals surface area contributed by atoms with Gasteiger partial charge in [-0.25, -0.2) is 0 Å². The number of benzene rings is 1. The molecule has 0 spiro atoms. The highest BCUT2D eigenvalue weighted by molar-refractivity contribution is 5.26. The van der Waals surface area contributed by atoms with Crippen molar-refractivity contribution in [2.45, 2.75) is 26.2 Å². The minimum absolute atomic E-state index is 1.22. The van der Waals surface area contributed by atoms with E-state index in [1.165, 1.54) is 30.4 Å². The quantitative estimate of drug-likeness (QED) is 0.600. The van der Waals surface area contributed by atoms with E-state index >= 15 is 0 Å². The summed E-state index contributed by atoms with van der Waals surface area (Å²) in [5, 5.41) is 0. The van der Waals surface area contributed by atoms with Crippen LogP contribution in [0.1, 0.15) is 24.0 Å². The number of aryl methyl sites for hydroxylation is 1. The SMILES string of the molecule is Cc1ccc(C[C]2CC2)cc1. The standard InChI is InChI=1S/C11H13/c1-9-2-4-10(5-3-9)8-11-6-7-11/h2-5H,6-8H2,1H3. The van der Waals surface area contributed by atoms with E-state index in [9.17, 15) is 0 Å². The summed E-state index contributed by atoms with van der Waals surface area (Å²) in [5.74, 6) is 1.72. The van der Waals surface area contributed by atoms with E-state index in [0.717, 1.165) is 0 Å². The molecule has 0 heteroatoms. The summed E-state index contributed by atoms with van der Waals surface area (Å²) in [6.45, 7) is 2.13. The summed E-state index contributed by atoms with van der Waals surface area (Å²) >= 11 is 0. The monoisotopic (exact) mass is 145 g/mol. The molecule has 1 radical (unpaired) electrons. The second-order valence-electron chi connectivity index (χ2n) is 3.41. The summed E-state index contributed by atoms with van der Waals surface area (Å²) in [4.78, 5) is 0. The Kier molecular flexibility index (Phi) is 1.69. The van der Waals surface area contributed by atoms with E-state index in [1.807, 2.05) is 0 Å². The molecule has 11 heavy (non-hydrogen) atoms. The highest BCUT2D eigenvalue weighted by Crippen LogP contribution is 2.35. The van der Waals surface area contributed by atoms with E-state index in [0.29, 0.717) is 0 Å². The third-order valence-electron chi connectivity index (χ3n) is 2.18. The Balaban J connectivity index is 2.06. The fourth-order valence-corrected chi connectivity index (χ4v) is 1.26. The summed E-state index contributed by atoms with van der Waals surface area (Å²) in [6.07, 6.45) is 3.96. The molecule has 1 aromatic rings. The molecule has 2 rings (SSSR count). The van der Waals surface area contributed by atoms with Crippen molar-refractivity contribution in [2.75, 3.05) is 0 Å². The Hall–Kier alpha value is -0.780. The van der Waals surface area contributed by atoms with Crippen molar-refractivity contribution in [3.63, 3.8) is 0 Å². The summed E-state index contributed by atoms with van der Waals surface area (Å²) < 4.78 is 0. The van der Waals surface area contributed by atoms with Crippen molar-refractivity contribution >= 4 is 0 Å². The average molecular weight is 145 g/mol. The third-order valence-corrected chi connectivity index (χ3v) is 2.18. The van der Waals surface area contributed by atoms with Gasteiger partial charge in [-0.05, 0) is 37.7 Å². The van der Waals surface area contributed by atoms with Crippen LogP contribution in [0.25, 0.3) is 0 Å². The number of hydrogen-bond donors (Lipinski definition) is 0. The van der Waals surface area contributed by atoms with Crippen molar-refractivity contribution in [2.24, 2.45) is 0 Å². The molecular weight excluding hydrogens is 132 g/mol. The van der Waals surface area contributed by atoms with Gasteiger partial charge in [0.15, 0.2) is 0 Å². The number of hydrogen-bond acceptors (Lipinski definition) is 0. The van der Waals surface area contributed by atoms with E-state index in [2.05, 4.69) is 31.2 Å². The highest BCUT2D eigenvalue weighted by Gasteiger charge is 2.21. The minimum Gasteiger partial charge on any atom is -0.0591 e. The Bertz CT molecular complexity index is 229. The van der Waals surface area contributed by atoms with Gasteiger partial charge in [-0.15, -0.1) is 0 Å². The molecule has 1 fully saturated rings. The fraction of sp³-hybridized carbons (Fsp3) is 0.364. The lowest BCUT2D eigenvalue weighted by molar-refractivity contribution is 1.11. The van der Waals surface area contributed by atoms with Crippen LogP contribution in [0.15, 0.2) is 24.3 Å². The van der Waals surface area contributed by atoms with E-state index in [1.54, 1.807) is 5.92 Å². The van der Waals surface area contributed by atoms with Crippen molar-refractivity contribution in [3.8, 4) is 0 Å². The zero-order valence-corrected chi connectivity index (χ0v) is 6.93. The zero-order chi connectivity index (χ0) is 7.68. The third kappa shape index (κ3) is 1.83. The summed E-state index contributed by atoms with van der Waals surface area (Å²) in [5.41, 5.74) is 2.83. The maximum absolute atomic E-state index is 2.24. The van der Waals surface area contributed by atoms with E-state index in [4.69, 9.17) is 0 Å². The van der Waals surface area contributed by atoms with Crippen LogP contribution >= 0.6 is 0 Å². The lowest BCUT2D eigenvalue weighted by Gasteiger charge is -1.98. The molecule has 0 amide bonds. The zero-order valence-electron chi connectivity index (χ0n) is 6.93. The van der Waals surface area contributed by atoms with Gasteiger partial charge >= 0.3 is 0 Å². The smallest absolute Gasteiger partial charge is 0.0197 e. The molecule has 1 saturated carbocycles. The Morgan fingerprint density at radius 3 is 2.27 bits per heavy atom. The lowest BCUT2D eigenvalue weighted by Crippen LogP contribution is -1.84. The number of rotatable bonds is 2. The minimum atomic E-state index is 1.22. The van der Waals surface area contributed by atoms with Gasteiger partial charge < -0.3 is 0 Å².